The van der Waals surface area contributed by atoms with Crippen LogP contribution in [-0.4, -0.2) is 18.3 Å². The van der Waals surface area contributed by atoms with Crippen molar-refractivity contribution in [1.29, 1.82) is 0 Å². The van der Waals surface area contributed by atoms with Crippen LogP contribution in [0.25, 0.3) is 6.08 Å². The van der Waals surface area contributed by atoms with Gasteiger partial charge in [-0.3, -0.25) is 4.79 Å². The van der Waals surface area contributed by atoms with E-state index in [9.17, 15) is 31.1 Å². The van der Waals surface area contributed by atoms with Gasteiger partial charge in [0, 0.05) is 21.6 Å². The molecule has 1 amide bonds. The maximum absolute atomic E-state index is 13.5. The van der Waals surface area contributed by atoms with Crippen molar-refractivity contribution in [2.75, 3.05) is 0 Å². The molecule has 2 aromatic carbocycles. The van der Waals surface area contributed by atoms with Crippen molar-refractivity contribution in [3.05, 3.63) is 74.2 Å². The minimum absolute atomic E-state index is 0.0603. The molecule has 0 bridgehead atoms. The van der Waals surface area contributed by atoms with E-state index in [2.05, 4.69) is 5.32 Å². The lowest BCUT2D eigenvalue weighted by Crippen LogP contribution is -2.28. The van der Waals surface area contributed by atoms with Crippen molar-refractivity contribution >= 4 is 46.8 Å². The molecule has 0 fully saturated rings. The number of rotatable bonds is 6. The number of allylic oxidation sites excluding steroid dienone is 1. The van der Waals surface area contributed by atoms with Crippen molar-refractivity contribution < 1.29 is 31.1 Å². The predicted octanol–water partition coefficient (Wildman–Crippen LogP) is 7.57. The van der Waals surface area contributed by atoms with Crippen molar-refractivity contribution in [3.8, 4) is 0 Å². The van der Waals surface area contributed by atoms with Gasteiger partial charge in [0.15, 0.2) is 0 Å². The van der Waals surface area contributed by atoms with E-state index in [0.717, 1.165) is 18.2 Å². The van der Waals surface area contributed by atoms with Gasteiger partial charge in [0.2, 0.25) is 5.91 Å². The quantitative estimate of drug-likeness (QED) is 0.404. The molecule has 2 rings (SSSR count). The van der Waals surface area contributed by atoms with Crippen LogP contribution in [0.1, 0.15) is 29.0 Å². The fraction of sp³-hybridized carbons (Fsp3) is 0.250. The number of alkyl halides is 6. The normalized spacial score (nSPS) is 13.5. The standard InChI is InChI=1S/C20H14Cl3F6NO/c21-14-6-13(7-15(22)8-14)16(20(27,28)29)4-2-11-1-3-12(17(23)5-11)10-30-18(31)9-19(24,25)26/h1-8,16H,9-10H2,(H,30,31). The number of nitrogens with one attached hydrogen (secondary N) is 1. The summed E-state index contributed by atoms with van der Waals surface area (Å²) in [6.07, 6.45) is -8.76. The molecule has 0 aromatic heterocycles. The molecule has 11 heteroatoms. The molecule has 0 aliphatic heterocycles. The topological polar surface area (TPSA) is 29.1 Å². The van der Waals surface area contributed by atoms with Crippen LogP contribution in [0.2, 0.25) is 15.1 Å². The molecule has 2 nitrogen and oxygen atoms in total. The van der Waals surface area contributed by atoms with Crippen LogP contribution in [-0.2, 0) is 11.3 Å². The van der Waals surface area contributed by atoms with Crippen LogP contribution in [0.3, 0.4) is 0 Å². The summed E-state index contributed by atoms with van der Waals surface area (Å²) >= 11 is 17.6. The molecule has 31 heavy (non-hydrogen) atoms. The summed E-state index contributed by atoms with van der Waals surface area (Å²) in [5.74, 6) is -3.20. The van der Waals surface area contributed by atoms with Crippen molar-refractivity contribution in [2.24, 2.45) is 0 Å². The van der Waals surface area contributed by atoms with Crippen LogP contribution in [0, 0.1) is 0 Å². The van der Waals surface area contributed by atoms with Gasteiger partial charge in [-0.1, -0.05) is 59.1 Å². The average Bonchev–Trinajstić information content (AvgIpc) is 2.57. The number of amides is 1. The Balaban J connectivity index is 2.17. The van der Waals surface area contributed by atoms with Crippen LogP contribution < -0.4 is 5.32 Å². The summed E-state index contributed by atoms with van der Waals surface area (Å²) < 4.78 is 77.1. The van der Waals surface area contributed by atoms with E-state index in [-0.39, 0.29) is 27.2 Å². The molecule has 0 radical (unpaired) electrons. The lowest BCUT2D eigenvalue weighted by Gasteiger charge is -2.18. The first-order chi connectivity index (χ1) is 14.2. The summed E-state index contributed by atoms with van der Waals surface area (Å²) in [6, 6.07) is 7.80. The van der Waals surface area contributed by atoms with Gasteiger partial charge in [-0.2, -0.15) is 26.3 Å². The van der Waals surface area contributed by atoms with Crippen molar-refractivity contribution in [3.63, 3.8) is 0 Å². The van der Waals surface area contributed by atoms with Gasteiger partial charge >= 0.3 is 12.4 Å². The molecule has 168 valence electrons. The van der Waals surface area contributed by atoms with E-state index in [1.165, 1.54) is 30.3 Å². The second-order valence-electron chi connectivity index (χ2n) is 6.50. The zero-order valence-electron chi connectivity index (χ0n) is 15.4. The summed E-state index contributed by atoms with van der Waals surface area (Å²) in [7, 11) is 0. The SMILES string of the molecule is O=C(CC(F)(F)F)NCc1ccc(C=CC(c2cc(Cl)cc(Cl)c2)C(F)(F)F)cc1Cl. The largest absolute Gasteiger partial charge is 0.399 e. The number of hydrogen-bond acceptors (Lipinski definition) is 1. The molecule has 2 aromatic rings. The Hall–Kier alpha value is -1.90. The smallest absolute Gasteiger partial charge is 0.352 e. The van der Waals surface area contributed by atoms with Gasteiger partial charge in [0.1, 0.15) is 6.42 Å². The number of benzene rings is 2. The minimum Gasteiger partial charge on any atom is -0.352 e. The number of carbonyl (C=O) groups is 1. The van der Waals surface area contributed by atoms with E-state index in [1.54, 1.807) is 0 Å². The molecule has 1 N–H and O–H groups in total. The molecular formula is C20H14Cl3F6NO. The van der Waals surface area contributed by atoms with E-state index in [1.807, 2.05) is 0 Å². The van der Waals surface area contributed by atoms with E-state index >= 15 is 0 Å². The fourth-order valence-electron chi connectivity index (χ4n) is 2.62. The zero-order valence-corrected chi connectivity index (χ0v) is 17.7. The van der Waals surface area contributed by atoms with Gasteiger partial charge in [-0.25, -0.2) is 0 Å². The second kappa shape index (κ2) is 10.1. The molecule has 0 aliphatic carbocycles. The van der Waals surface area contributed by atoms with Crippen molar-refractivity contribution in [1.82, 2.24) is 5.32 Å². The molecule has 1 unspecified atom stereocenters. The van der Waals surface area contributed by atoms with Gasteiger partial charge < -0.3 is 5.32 Å². The zero-order chi connectivity index (χ0) is 23.4. The highest BCUT2D eigenvalue weighted by Gasteiger charge is 2.39. The van der Waals surface area contributed by atoms with Crippen LogP contribution in [0.4, 0.5) is 26.3 Å². The molecule has 0 aliphatic rings. The predicted molar refractivity (Wildman–Crippen MR) is 108 cm³/mol. The lowest BCUT2D eigenvalue weighted by atomic mass is 9.97. The third-order valence-corrected chi connectivity index (χ3v) is 4.78. The average molecular weight is 505 g/mol. The van der Waals surface area contributed by atoms with Gasteiger partial charge in [0.25, 0.3) is 0 Å². The van der Waals surface area contributed by atoms with E-state index < -0.39 is 30.6 Å². The summed E-state index contributed by atoms with van der Waals surface area (Å²) in [5, 5.41) is 2.28. The third kappa shape index (κ3) is 8.27. The molecule has 1 atom stereocenters. The first kappa shape index (κ1) is 25.4. The van der Waals surface area contributed by atoms with Gasteiger partial charge in [0.05, 0.1) is 5.92 Å². The number of carbonyl (C=O) groups excluding carboxylic acids is 1. The molecule has 0 saturated heterocycles. The Kier molecular flexibility index (Phi) is 8.30. The Labute approximate surface area is 188 Å². The Bertz CT molecular complexity index is 952. The lowest BCUT2D eigenvalue weighted by molar-refractivity contribution is -0.153. The second-order valence-corrected chi connectivity index (χ2v) is 7.78. The Morgan fingerprint density at radius 3 is 2.10 bits per heavy atom. The molecular weight excluding hydrogens is 491 g/mol. The summed E-state index contributed by atoms with van der Waals surface area (Å²) in [6.45, 7) is -0.260. The molecule has 0 saturated carbocycles. The van der Waals surface area contributed by atoms with Gasteiger partial charge in [-0.15, -0.1) is 0 Å². The van der Waals surface area contributed by atoms with Crippen molar-refractivity contribution in [2.45, 2.75) is 31.2 Å². The highest BCUT2D eigenvalue weighted by molar-refractivity contribution is 6.34. The highest BCUT2D eigenvalue weighted by Crippen LogP contribution is 2.38. The van der Waals surface area contributed by atoms with Crippen LogP contribution in [0.5, 0.6) is 0 Å². The number of hydrogen-bond donors (Lipinski definition) is 1. The van der Waals surface area contributed by atoms with Crippen LogP contribution >= 0.6 is 34.8 Å². The van der Waals surface area contributed by atoms with Crippen LogP contribution in [0.15, 0.2) is 42.5 Å². The first-order valence-corrected chi connectivity index (χ1v) is 9.71. The highest BCUT2D eigenvalue weighted by atomic mass is 35.5. The maximum atomic E-state index is 13.5. The Morgan fingerprint density at radius 1 is 0.968 bits per heavy atom. The summed E-state index contributed by atoms with van der Waals surface area (Å²) in [4.78, 5) is 11.3. The van der Waals surface area contributed by atoms with Gasteiger partial charge in [-0.05, 0) is 41.0 Å². The monoisotopic (exact) mass is 503 g/mol. The first-order valence-electron chi connectivity index (χ1n) is 8.57. The summed E-state index contributed by atoms with van der Waals surface area (Å²) in [5.41, 5.74) is 0.484. The minimum atomic E-state index is -4.63. The van der Waals surface area contributed by atoms with E-state index in [0.29, 0.717) is 11.1 Å². The molecule has 0 spiro atoms. The fourth-order valence-corrected chi connectivity index (χ4v) is 3.42. The third-order valence-electron chi connectivity index (χ3n) is 3.99. The maximum Gasteiger partial charge on any atom is 0.399 e. The Morgan fingerprint density at radius 2 is 1.58 bits per heavy atom. The van der Waals surface area contributed by atoms with E-state index in [4.69, 9.17) is 34.8 Å². The number of halogens is 9. The molecule has 0 heterocycles.